The summed E-state index contributed by atoms with van der Waals surface area (Å²) in [6.45, 7) is 6.31. The fourth-order valence-electron chi connectivity index (χ4n) is 2.95. The maximum absolute atomic E-state index is 4.24. The number of aryl methyl sites for hydroxylation is 1. The molecule has 1 aliphatic rings. The van der Waals surface area contributed by atoms with Crippen LogP contribution in [0.3, 0.4) is 0 Å². The van der Waals surface area contributed by atoms with Crippen LogP contribution in [-0.2, 0) is 13.1 Å². The van der Waals surface area contributed by atoms with Crippen molar-refractivity contribution in [2.45, 2.75) is 38.9 Å². The monoisotopic (exact) mass is 284 g/mol. The molecule has 1 aliphatic heterocycles. The van der Waals surface area contributed by atoms with Crippen molar-refractivity contribution in [1.29, 1.82) is 0 Å². The third-order valence-electron chi connectivity index (χ3n) is 4.17. The number of hydrogen-bond donors (Lipinski definition) is 2. The van der Waals surface area contributed by atoms with Gasteiger partial charge in [0.1, 0.15) is 5.82 Å². The van der Waals surface area contributed by atoms with Gasteiger partial charge in [0.15, 0.2) is 0 Å². The first kappa shape index (κ1) is 14.3. The van der Waals surface area contributed by atoms with Crippen LogP contribution in [0.2, 0.25) is 0 Å². The molecule has 1 saturated heterocycles. The molecular weight excluding hydrogens is 260 g/mol. The minimum absolute atomic E-state index is 0.626. The summed E-state index contributed by atoms with van der Waals surface area (Å²) in [7, 11) is 0. The van der Waals surface area contributed by atoms with Gasteiger partial charge in [0.2, 0.25) is 0 Å². The smallest absolute Gasteiger partial charge is 0.103 e. The van der Waals surface area contributed by atoms with Crippen molar-refractivity contribution in [3.05, 3.63) is 53.6 Å². The SMILES string of the molecule is Cc1ncc(CNC2CCN(Cc3ccccc3)CC2)[nH]1. The van der Waals surface area contributed by atoms with E-state index >= 15 is 0 Å². The summed E-state index contributed by atoms with van der Waals surface area (Å²) in [5, 5.41) is 3.64. The van der Waals surface area contributed by atoms with E-state index in [4.69, 9.17) is 0 Å². The van der Waals surface area contributed by atoms with Gasteiger partial charge in [0.05, 0.1) is 0 Å². The fourth-order valence-corrected chi connectivity index (χ4v) is 2.95. The Morgan fingerprint density at radius 1 is 1.24 bits per heavy atom. The van der Waals surface area contributed by atoms with Gasteiger partial charge in [-0.15, -0.1) is 0 Å². The number of H-pyrrole nitrogens is 1. The van der Waals surface area contributed by atoms with Crippen LogP contribution in [-0.4, -0.2) is 34.0 Å². The number of aromatic amines is 1. The minimum atomic E-state index is 0.626. The van der Waals surface area contributed by atoms with E-state index in [-0.39, 0.29) is 0 Å². The molecule has 2 aromatic rings. The fraction of sp³-hybridized carbons (Fsp3) is 0.471. The summed E-state index contributed by atoms with van der Waals surface area (Å²) in [5.41, 5.74) is 2.59. The van der Waals surface area contributed by atoms with Crippen molar-refractivity contribution in [1.82, 2.24) is 20.2 Å². The largest absolute Gasteiger partial charge is 0.345 e. The van der Waals surface area contributed by atoms with E-state index < -0.39 is 0 Å². The molecule has 2 heterocycles. The Morgan fingerprint density at radius 2 is 2.00 bits per heavy atom. The highest BCUT2D eigenvalue weighted by Gasteiger charge is 2.18. The van der Waals surface area contributed by atoms with Crippen molar-refractivity contribution in [3.63, 3.8) is 0 Å². The van der Waals surface area contributed by atoms with Gasteiger partial charge in [0, 0.05) is 31.0 Å². The molecule has 1 fully saturated rings. The maximum atomic E-state index is 4.24. The van der Waals surface area contributed by atoms with Crippen LogP contribution in [0, 0.1) is 6.92 Å². The summed E-state index contributed by atoms with van der Waals surface area (Å²) in [4.78, 5) is 10.1. The first-order valence-electron chi connectivity index (χ1n) is 7.80. The second-order valence-corrected chi connectivity index (χ2v) is 5.91. The molecule has 4 nitrogen and oxygen atoms in total. The number of benzene rings is 1. The van der Waals surface area contributed by atoms with Crippen molar-refractivity contribution in [3.8, 4) is 0 Å². The lowest BCUT2D eigenvalue weighted by Gasteiger charge is -2.32. The quantitative estimate of drug-likeness (QED) is 0.886. The molecule has 4 heteroatoms. The first-order valence-corrected chi connectivity index (χ1v) is 7.80. The van der Waals surface area contributed by atoms with Gasteiger partial charge in [0.25, 0.3) is 0 Å². The lowest BCUT2D eigenvalue weighted by atomic mass is 10.0. The molecule has 0 radical (unpaired) electrons. The summed E-state index contributed by atoms with van der Waals surface area (Å²) < 4.78 is 0. The predicted octanol–water partition coefficient (Wildman–Crippen LogP) is 2.47. The molecule has 1 aromatic carbocycles. The number of likely N-dealkylation sites (tertiary alicyclic amines) is 1. The second kappa shape index (κ2) is 6.87. The summed E-state index contributed by atoms with van der Waals surface area (Å²) in [6.07, 6.45) is 4.37. The Labute approximate surface area is 126 Å². The minimum Gasteiger partial charge on any atom is -0.345 e. The number of piperidine rings is 1. The molecule has 0 saturated carbocycles. The number of rotatable bonds is 5. The zero-order valence-electron chi connectivity index (χ0n) is 12.7. The summed E-state index contributed by atoms with van der Waals surface area (Å²) in [5.74, 6) is 0.990. The van der Waals surface area contributed by atoms with Crippen LogP contribution in [0.1, 0.15) is 29.9 Å². The van der Waals surface area contributed by atoms with Crippen LogP contribution in [0.15, 0.2) is 36.5 Å². The Morgan fingerprint density at radius 3 is 2.67 bits per heavy atom. The highest BCUT2D eigenvalue weighted by atomic mass is 15.1. The van der Waals surface area contributed by atoms with Crippen molar-refractivity contribution in [2.75, 3.05) is 13.1 Å². The molecule has 2 N–H and O–H groups in total. The van der Waals surface area contributed by atoms with Crippen molar-refractivity contribution in [2.24, 2.45) is 0 Å². The Hall–Kier alpha value is -1.65. The van der Waals surface area contributed by atoms with Gasteiger partial charge in [-0.05, 0) is 38.4 Å². The summed E-state index contributed by atoms with van der Waals surface area (Å²) >= 11 is 0. The van der Waals surface area contributed by atoms with E-state index in [2.05, 4.69) is 50.5 Å². The normalized spacial score (nSPS) is 17.2. The molecule has 0 atom stereocenters. The number of nitrogens with zero attached hydrogens (tertiary/aromatic N) is 2. The molecule has 21 heavy (non-hydrogen) atoms. The predicted molar refractivity (Wildman–Crippen MR) is 84.9 cm³/mol. The third-order valence-corrected chi connectivity index (χ3v) is 4.17. The van der Waals surface area contributed by atoms with Crippen LogP contribution in [0.25, 0.3) is 0 Å². The Balaban J connectivity index is 1.40. The Kier molecular flexibility index (Phi) is 4.68. The average Bonchev–Trinajstić information content (AvgIpc) is 2.93. The van der Waals surface area contributed by atoms with Gasteiger partial charge >= 0.3 is 0 Å². The van der Waals surface area contributed by atoms with E-state index in [0.29, 0.717) is 6.04 Å². The highest BCUT2D eigenvalue weighted by Crippen LogP contribution is 2.14. The highest BCUT2D eigenvalue weighted by molar-refractivity contribution is 5.14. The third kappa shape index (κ3) is 4.16. The molecule has 0 aliphatic carbocycles. The zero-order chi connectivity index (χ0) is 14.5. The number of nitrogens with one attached hydrogen (secondary N) is 2. The van der Waals surface area contributed by atoms with E-state index in [1.165, 1.54) is 37.2 Å². The van der Waals surface area contributed by atoms with Crippen LogP contribution < -0.4 is 5.32 Å². The van der Waals surface area contributed by atoms with Crippen molar-refractivity contribution < 1.29 is 0 Å². The van der Waals surface area contributed by atoms with E-state index in [1.54, 1.807) is 0 Å². The molecule has 112 valence electrons. The molecule has 0 spiro atoms. The molecule has 0 amide bonds. The molecule has 0 unspecified atom stereocenters. The maximum Gasteiger partial charge on any atom is 0.103 e. The average molecular weight is 284 g/mol. The van der Waals surface area contributed by atoms with Crippen molar-refractivity contribution >= 4 is 0 Å². The Bertz CT molecular complexity index is 541. The van der Waals surface area contributed by atoms with Gasteiger partial charge in [-0.3, -0.25) is 4.90 Å². The molecule has 1 aromatic heterocycles. The van der Waals surface area contributed by atoms with Crippen LogP contribution in [0.5, 0.6) is 0 Å². The van der Waals surface area contributed by atoms with E-state index in [9.17, 15) is 0 Å². The second-order valence-electron chi connectivity index (χ2n) is 5.91. The topological polar surface area (TPSA) is 44.0 Å². The van der Waals surface area contributed by atoms with Crippen LogP contribution >= 0.6 is 0 Å². The van der Waals surface area contributed by atoms with Gasteiger partial charge in [-0.1, -0.05) is 30.3 Å². The zero-order valence-corrected chi connectivity index (χ0v) is 12.7. The summed E-state index contributed by atoms with van der Waals surface area (Å²) in [6, 6.07) is 11.4. The van der Waals surface area contributed by atoms with E-state index in [0.717, 1.165) is 18.9 Å². The molecule has 3 rings (SSSR count). The van der Waals surface area contributed by atoms with Gasteiger partial charge in [-0.2, -0.15) is 0 Å². The lowest BCUT2D eigenvalue weighted by Crippen LogP contribution is -2.41. The lowest BCUT2D eigenvalue weighted by molar-refractivity contribution is 0.190. The molecule has 0 bridgehead atoms. The first-order chi connectivity index (χ1) is 10.3. The molecular formula is C17H24N4. The standard InChI is InChI=1S/C17H24N4/c1-14-18-11-17(20-14)12-19-16-7-9-21(10-8-16)13-15-5-3-2-4-6-15/h2-6,11,16,19H,7-10,12-13H2,1H3,(H,18,20). The van der Waals surface area contributed by atoms with E-state index in [1.807, 2.05) is 13.1 Å². The van der Waals surface area contributed by atoms with Gasteiger partial charge in [-0.25, -0.2) is 4.98 Å². The van der Waals surface area contributed by atoms with Crippen LogP contribution in [0.4, 0.5) is 0 Å². The van der Waals surface area contributed by atoms with Gasteiger partial charge < -0.3 is 10.3 Å². The number of imidazole rings is 1. The number of aromatic nitrogens is 2. The number of hydrogen-bond acceptors (Lipinski definition) is 3.